The standard InChI is InChI=1S/C14H14BrNO3S/c1-16(12-8-4-5-9-13(12)19-2)20(17,18)14-10-6-3-7-11(14)15/h3-10H,1-2H3. The molecule has 0 aliphatic rings. The first-order valence-electron chi connectivity index (χ1n) is 5.85. The molecule has 0 saturated carbocycles. The number of methoxy groups -OCH3 is 1. The summed E-state index contributed by atoms with van der Waals surface area (Å²) in [6, 6.07) is 13.7. The maximum absolute atomic E-state index is 12.7. The zero-order valence-corrected chi connectivity index (χ0v) is 13.5. The Kier molecular flexibility index (Phi) is 4.35. The van der Waals surface area contributed by atoms with Gasteiger partial charge in [0.1, 0.15) is 10.6 Å². The van der Waals surface area contributed by atoms with Crippen LogP contribution in [0.25, 0.3) is 0 Å². The van der Waals surface area contributed by atoms with Crippen LogP contribution in [0.2, 0.25) is 0 Å². The number of benzene rings is 2. The van der Waals surface area contributed by atoms with Crippen LogP contribution in [0.4, 0.5) is 5.69 Å². The normalized spacial score (nSPS) is 11.2. The van der Waals surface area contributed by atoms with E-state index in [0.29, 0.717) is 15.9 Å². The zero-order valence-electron chi connectivity index (χ0n) is 11.1. The van der Waals surface area contributed by atoms with Gasteiger partial charge in [-0.2, -0.15) is 0 Å². The molecule has 0 heterocycles. The molecule has 0 aliphatic heterocycles. The Bertz CT molecular complexity index is 716. The maximum Gasteiger partial charge on any atom is 0.265 e. The summed E-state index contributed by atoms with van der Waals surface area (Å²) in [6.45, 7) is 0. The van der Waals surface area contributed by atoms with Crippen molar-refractivity contribution >= 4 is 31.6 Å². The van der Waals surface area contributed by atoms with Gasteiger partial charge in [0.15, 0.2) is 0 Å². The first-order chi connectivity index (χ1) is 9.48. The second-order valence-corrected chi connectivity index (χ2v) is 6.87. The fraction of sp³-hybridized carbons (Fsp3) is 0.143. The van der Waals surface area contributed by atoms with E-state index in [4.69, 9.17) is 4.74 Å². The number of sulfonamides is 1. The summed E-state index contributed by atoms with van der Waals surface area (Å²) in [5.74, 6) is 0.505. The molecule has 2 aromatic rings. The number of ether oxygens (including phenoxy) is 1. The molecule has 0 N–H and O–H groups in total. The summed E-state index contributed by atoms with van der Waals surface area (Å²) in [4.78, 5) is 0.216. The summed E-state index contributed by atoms with van der Waals surface area (Å²) in [6.07, 6.45) is 0. The molecule has 0 fully saturated rings. The van der Waals surface area contributed by atoms with Gasteiger partial charge in [-0.25, -0.2) is 8.42 Å². The Balaban J connectivity index is 2.52. The molecule has 106 valence electrons. The molecule has 0 spiro atoms. The number of halogens is 1. The van der Waals surface area contributed by atoms with Crippen LogP contribution >= 0.6 is 15.9 Å². The second kappa shape index (κ2) is 5.85. The Hall–Kier alpha value is -1.53. The van der Waals surface area contributed by atoms with Crippen molar-refractivity contribution in [3.63, 3.8) is 0 Å². The van der Waals surface area contributed by atoms with Gasteiger partial charge in [-0.05, 0) is 40.2 Å². The van der Waals surface area contributed by atoms with Gasteiger partial charge in [0.2, 0.25) is 0 Å². The summed E-state index contributed by atoms with van der Waals surface area (Å²) in [5.41, 5.74) is 0.491. The average molecular weight is 356 g/mol. The fourth-order valence-corrected chi connectivity index (χ4v) is 3.99. The second-order valence-electron chi connectivity index (χ2n) is 4.07. The van der Waals surface area contributed by atoms with E-state index in [1.807, 2.05) is 0 Å². The number of anilines is 1. The molecule has 20 heavy (non-hydrogen) atoms. The molecular weight excluding hydrogens is 342 g/mol. The minimum atomic E-state index is -3.65. The number of nitrogens with zero attached hydrogens (tertiary/aromatic N) is 1. The monoisotopic (exact) mass is 355 g/mol. The van der Waals surface area contributed by atoms with Crippen molar-refractivity contribution in [2.45, 2.75) is 4.90 Å². The van der Waals surface area contributed by atoms with E-state index in [2.05, 4.69) is 15.9 Å². The maximum atomic E-state index is 12.7. The van der Waals surface area contributed by atoms with Gasteiger partial charge in [-0.3, -0.25) is 4.31 Å². The fourth-order valence-electron chi connectivity index (χ4n) is 1.82. The van der Waals surface area contributed by atoms with Crippen molar-refractivity contribution in [3.8, 4) is 5.75 Å². The third kappa shape index (κ3) is 2.66. The van der Waals surface area contributed by atoms with Gasteiger partial charge < -0.3 is 4.74 Å². The van der Waals surface area contributed by atoms with E-state index in [1.54, 1.807) is 48.5 Å². The predicted molar refractivity (Wildman–Crippen MR) is 82.7 cm³/mol. The summed E-state index contributed by atoms with van der Waals surface area (Å²) in [7, 11) is -0.631. The van der Waals surface area contributed by atoms with E-state index >= 15 is 0 Å². The number of rotatable bonds is 4. The molecule has 0 aliphatic carbocycles. The molecule has 2 aromatic carbocycles. The first kappa shape index (κ1) is 14.9. The third-order valence-electron chi connectivity index (χ3n) is 2.90. The van der Waals surface area contributed by atoms with E-state index in [9.17, 15) is 8.42 Å². The van der Waals surface area contributed by atoms with Gasteiger partial charge in [-0.15, -0.1) is 0 Å². The van der Waals surface area contributed by atoms with Crippen LogP contribution in [0.1, 0.15) is 0 Å². The smallest absolute Gasteiger partial charge is 0.265 e. The van der Waals surface area contributed by atoms with Crippen LogP contribution in [-0.2, 0) is 10.0 Å². The summed E-state index contributed by atoms with van der Waals surface area (Å²) in [5, 5.41) is 0. The molecule has 6 heteroatoms. The van der Waals surface area contributed by atoms with Gasteiger partial charge in [-0.1, -0.05) is 24.3 Å². The molecule has 0 amide bonds. The highest BCUT2D eigenvalue weighted by atomic mass is 79.9. The van der Waals surface area contributed by atoms with E-state index in [-0.39, 0.29) is 4.90 Å². The van der Waals surface area contributed by atoms with Crippen molar-refractivity contribution in [1.82, 2.24) is 0 Å². The van der Waals surface area contributed by atoms with Crippen LogP contribution in [0, 0.1) is 0 Å². The number of para-hydroxylation sites is 2. The molecule has 0 unspecified atom stereocenters. The van der Waals surface area contributed by atoms with Gasteiger partial charge >= 0.3 is 0 Å². The Morgan fingerprint density at radius 3 is 2.30 bits per heavy atom. The van der Waals surface area contributed by atoms with Crippen molar-refractivity contribution in [1.29, 1.82) is 0 Å². The van der Waals surface area contributed by atoms with E-state index in [1.165, 1.54) is 18.5 Å². The first-order valence-corrected chi connectivity index (χ1v) is 8.08. The lowest BCUT2D eigenvalue weighted by molar-refractivity contribution is 0.416. The minimum absolute atomic E-state index is 0.216. The van der Waals surface area contributed by atoms with Crippen LogP contribution in [0.3, 0.4) is 0 Å². The Morgan fingerprint density at radius 1 is 1.05 bits per heavy atom. The summed E-state index contributed by atoms with van der Waals surface area (Å²) >= 11 is 3.27. The van der Waals surface area contributed by atoms with Crippen molar-refractivity contribution in [3.05, 3.63) is 53.0 Å². The molecule has 0 aromatic heterocycles. The lowest BCUT2D eigenvalue weighted by Crippen LogP contribution is -2.27. The van der Waals surface area contributed by atoms with Gasteiger partial charge in [0.25, 0.3) is 10.0 Å². The summed E-state index contributed by atoms with van der Waals surface area (Å²) < 4.78 is 32.3. The molecular formula is C14H14BrNO3S. The molecule has 0 atom stereocenters. The zero-order chi connectivity index (χ0) is 14.8. The SMILES string of the molecule is COc1ccccc1N(C)S(=O)(=O)c1ccccc1Br. The quantitative estimate of drug-likeness (QED) is 0.845. The Morgan fingerprint density at radius 2 is 1.65 bits per heavy atom. The molecule has 2 rings (SSSR count). The highest BCUT2D eigenvalue weighted by Crippen LogP contribution is 2.32. The number of hydrogen-bond donors (Lipinski definition) is 0. The highest BCUT2D eigenvalue weighted by molar-refractivity contribution is 9.10. The lowest BCUT2D eigenvalue weighted by Gasteiger charge is -2.22. The molecule has 0 bridgehead atoms. The van der Waals surface area contributed by atoms with E-state index < -0.39 is 10.0 Å². The van der Waals surface area contributed by atoms with Crippen LogP contribution in [0.5, 0.6) is 5.75 Å². The molecule has 0 radical (unpaired) electrons. The topological polar surface area (TPSA) is 46.6 Å². The molecule has 0 saturated heterocycles. The lowest BCUT2D eigenvalue weighted by atomic mass is 10.3. The average Bonchev–Trinajstić information content (AvgIpc) is 2.46. The van der Waals surface area contributed by atoms with Crippen molar-refractivity contribution < 1.29 is 13.2 Å². The van der Waals surface area contributed by atoms with Crippen molar-refractivity contribution in [2.75, 3.05) is 18.5 Å². The van der Waals surface area contributed by atoms with Crippen LogP contribution < -0.4 is 9.04 Å². The minimum Gasteiger partial charge on any atom is -0.495 e. The van der Waals surface area contributed by atoms with E-state index in [0.717, 1.165) is 0 Å². The van der Waals surface area contributed by atoms with Crippen LogP contribution in [-0.4, -0.2) is 22.6 Å². The Labute approximate surface area is 127 Å². The van der Waals surface area contributed by atoms with Gasteiger partial charge in [0, 0.05) is 11.5 Å². The predicted octanol–water partition coefficient (Wildman–Crippen LogP) is 3.28. The highest BCUT2D eigenvalue weighted by Gasteiger charge is 2.25. The largest absolute Gasteiger partial charge is 0.495 e. The third-order valence-corrected chi connectivity index (χ3v) is 5.68. The van der Waals surface area contributed by atoms with Gasteiger partial charge in [0.05, 0.1) is 12.8 Å². The van der Waals surface area contributed by atoms with Crippen molar-refractivity contribution in [2.24, 2.45) is 0 Å². The number of hydrogen-bond acceptors (Lipinski definition) is 3. The van der Waals surface area contributed by atoms with Crippen LogP contribution in [0.15, 0.2) is 57.9 Å². The molecule has 4 nitrogen and oxygen atoms in total.